The van der Waals surface area contributed by atoms with Crippen molar-refractivity contribution in [2.24, 2.45) is 0 Å². The number of rotatable bonds is 7. The van der Waals surface area contributed by atoms with Gasteiger partial charge in [0.05, 0.1) is 10.5 Å². The number of hydrogen-bond donors (Lipinski definition) is 1. The number of aromatic nitrogens is 1. The molecule has 0 aliphatic carbocycles. The van der Waals surface area contributed by atoms with Crippen molar-refractivity contribution in [1.82, 2.24) is 20.1 Å². The lowest BCUT2D eigenvalue weighted by Gasteiger charge is -2.32. The van der Waals surface area contributed by atoms with Gasteiger partial charge in [0.2, 0.25) is 5.89 Å². The summed E-state index contributed by atoms with van der Waals surface area (Å²) in [6.07, 6.45) is 0. The summed E-state index contributed by atoms with van der Waals surface area (Å²) in [6, 6.07) is 12.9. The lowest BCUT2D eigenvalue weighted by Crippen LogP contribution is -2.46. The molecule has 10 heteroatoms. The van der Waals surface area contributed by atoms with E-state index >= 15 is 0 Å². The molecule has 1 saturated heterocycles. The fourth-order valence-corrected chi connectivity index (χ4v) is 3.81. The summed E-state index contributed by atoms with van der Waals surface area (Å²) in [5.74, 6) is -0.199. The molecule has 0 bridgehead atoms. The quantitative estimate of drug-likeness (QED) is 0.416. The largest absolute Gasteiger partial charge is 0.435 e. The average molecular weight is 470 g/mol. The zero-order valence-corrected chi connectivity index (χ0v) is 18.9. The van der Waals surface area contributed by atoms with Gasteiger partial charge in [-0.25, -0.2) is 4.98 Å². The van der Waals surface area contributed by atoms with Crippen LogP contribution in [0.1, 0.15) is 10.5 Å². The monoisotopic (exact) mass is 469 g/mol. The van der Waals surface area contributed by atoms with Crippen LogP contribution in [0.5, 0.6) is 0 Å². The second-order valence-corrected chi connectivity index (χ2v) is 8.32. The lowest BCUT2D eigenvalue weighted by molar-refractivity contribution is -0.384. The normalized spacial score (nSPS) is 14.8. The fourth-order valence-electron chi connectivity index (χ4n) is 3.68. The minimum Gasteiger partial charge on any atom is -0.435 e. The lowest BCUT2D eigenvalue weighted by atomic mass is 10.1. The maximum Gasteiger partial charge on any atom is 0.280 e. The highest BCUT2D eigenvalue weighted by Crippen LogP contribution is 2.35. The highest BCUT2D eigenvalue weighted by atomic mass is 35.5. The summed E-state index contributed by atoms with van der Waals surface area (Å²) in [6.45, 7) is 5.01. The van der Waals surface area contributed by atoms with Crippen LogP contribution in [0, 0.1) is 10.1 Å². The van der Waals surface area contributed by atoms with Crippen LogP contribution in [-0.4, -0.2) is 71.9 Å². The van der Waals surface area contributed by atoms with Crippen molar-refractivity contribution < 1.29 is 14.1 Å². The average Bonchev–Trinajstić information content (AvgIpc) is 3.26. The second-order valence-electron chi connectivity index (χ2n) is 7.88. The molecule has 2 aromatic carbocycles. The second kappa shape index (κ2) is 10.1. The van der Waals surface area contributed by atoms with E-state index in [1.165, 1.54) is 6.07 Å². The molecule has 0 saturated carbocycles. The van der Waals surface area contributed by atoms with Gasteiger partial charge in [0.1, 0.15) is 0 Å². The van der Waals surface area contributed by atoms with Gasteiger partial charge >= 0.3 is 0 Å². The number of hydrogen-bond acceptors (Lipinski definition) is 7. The Bertz CT molecular complexity index is 1140. The van der Waals surface area contributed by atoms with E-state index in [9.17, 15) is 14.9 Å². The van der Waals surface area contributed by atoms with Gasteiger partial charge in [-0.15, -0.1) is 0 Å². The van der Waals surface area contributed by atoms with E-state index in [0.29, 0.717) is 23.7 Å². The van der Waals surface area contributed by atoms with Crippen molar-refractivity contribution in [3.63, 3.8) is 0 Å². The minimum atomic E-state index is -0.505. The van der Waals surface area contributed by atoms with E-state index in [2.05, 4.69) is 27.1 Å². The van der Waals surface area contributed by atoms with Gasteiger partial charge in [0.15, 0.2) is 11.5 Å². The molecule has 2 heterocycles. The Morgan fingerprint density at radius 2 is 1.85 bits per heavy atom. The van der Waals surface area contributed by atoms with Crippen molar-refractivity contribution in [3.05, 3.63) is 69.4 Å². The molecular weight excluding hydrogens is 446 g/mol. The molecule has 172 valence electrons. The minimum absolute atomic E-state index is 0.00706. The van der Waals surface area contributed by atoms with E-state index in [4.69, 9.17) is 16.0 Å². The van der Waals surface area contributed by atoms with Gasteiger partial charge in [-0.05, 0) is 37.4 Å². The molecule has 4 rings (SSSR count). The summed E-state index contributed by atoms with van der Waals surface area (Å²) >= 11 is 5.97. The van der Waals surface area contributed by atoms with Crippen LogP contribution in [-0.2, 0) is 0 Å². The van der Waals surface area contributed by atoms with Gasteiger partial charge in [0, 0.05) is 55.9 Å². The standard InChI is InChI=1S/C23H24ClN5O4/c1-27-12-14-28(15-13-27)11-10-25-22(30)20-21(18-4-2-3-5-19(18)29(31)32)33-23(26-20)16-6-8-17(24)9-7-16/h2-9H,10-15H2,1H3,(H,25,30). The SMILES string of the molecule is CN1CCN(CCNC(=O)c2nc(-c3ccc(Cl)cc3)oc2-c2ccccc2[N+](=O)[O-])CC1. The summed E-state index contributed by atoms with van der Waals surface area (Å²) < 4.78 is 5.91. The van der Waals surface area contributed by atoms with Crippen LogP contribution in [0.2, 0.25) is 5.02 Å². The van der Waals surface area contributed by atoms with Gasteiger partial charge in [-0.1, -0.05) is 23.7 Å². The van der Waals surface area contributed by atoms with Gasteiger partial charge in [0.25, 0.3) is 11.6 Å². The number of nitro benzene ring substituents is 1. The maximum absolute atomic E-state index is 13.1. The molecular formula is C23H24ClN5O4. The van der Waals surface area contributed by atoms with Crippen LogP contribution < -0.4 is 5.32 Å². The predicted molar refractivity (Wildman–Crippen MR) is 125 cm³/mol. The zero-order valence-electron chi connectivity index (χ0n) is 18.2. The third kappa shape index (κ3) is 5.39. The Labute approximate surface area is 196 Å². The fraction of sp³-hybridized carbons (Fsp3) is 0.304. The first kappa shape index (κ1) is 22.9. The van der Waals surface area contributed by atoms with Gasteiger partial charge in [-0.2, -0.15) is 0 Å². The van der Waals surface area contributed by atoms with Crippen molar-refractivity contribution in [1.29, 1.82) is 0 Å². The molecule has 0 unspecified atom stereocenters. The number of likely N-dealkylation sites (N-methyl/N-ethyl adjacent to an activating group) is 1. The van der Waals surface area contributed by atoms with Crippen molar-refractivity contribution in [3.8, 4) is 22.8 Å². The molecule has 0 atom stereocenters. The van der Waals surface area contributed by atoms with Crippen LogP contribution >= 0.6 is 11.6 Å². The van der Waals surface area contributed by atoms with Crippen LogP contribution in [0.25, 0.3) is 22.8 Å². The number of nitrogens with one attached hydrogen (secondary N) is 1. The summed E-state index contributed by atoms with van der Waals surface area (Å²) in [5.41, 5.74) is 0.644. The number of para-hydroxylation sites is 1. The number of benzene rings is 2. The molecule has 1 fully saturated rings. The summed E-state index contributed by atoms with van der Waals surface area (Å²) in [5, 5.41) is 15.0. The number of halogens is 1. The third-order valence-electron chi connectivity index (χ3n) is 5.59. The van der Waals surface area contributed by atoms with E-state index in [1.54, 1.807) is 42.5 Å². The molecule has 0 radical (unpaired) electrons. The van der Waals surface area contributed by atoms with Crippen LogP contribution in [0.3, 0.4) is 0 Å². The Morgan fingerprint density at radius 1 is 1.15 bits per heavy atom. The number of amides is 1. The Balaban J connectivity index is 1.61. The number of nitrogens with zero attached hydrogens (tertiary/aromatic N) is 4. The van der Waals surface area contributed by atoms with E-state index < -0.39 is 10.8 Å². The van der Waals surface area contributed by atoms with Crippen molar-refractivity contribution in [2.45, 2.75) is 0 Å². The molecule has 1 aliphatic heterocycles. The van der Waals surface area contributed by atoms with Crippen LogP contribution in [0.15, 0.2) is 52.9 Å². The Morgan fingerprint density at radius 3 is 2.55 bits per heavy atom. The summed E-state index contributed by atoms with van der Waals surface area (Å²) in [7, 11) is 2.09. The Kier molecular flexibility index (Phi) is 7.02. The molecule has 9 nitrogen and oxygen atoms in total. The van der Waals surface area contributed by atoms with E-state index in [-0.39, 0.29) is 28.6 Å². The summed E-state index contributed by atoms with van der Waals surface area (Å²) in [4.78, 5) is 33.1. The molecule has 1 amide bonds. The topological polar surface area (TPSA) is 105 Å². The molecule has 3 aromatic rings. The van der Waals surface area contributed by atoms with E-state index in [1.807, 2.05) is 0 Å². The molecule has 33 heavy (non-hydrogen) atoms. The molecule has 0 spiro atoms. The number of oxazole rings is 1. The van der Waals surface area contributed by atoms with Crippen molar-refractivity contribution >= 4 is 23.2 Å². The first-order valence-electron chi connectivity index (χ1n) is 10.6. The van der Waals surface area contributed by atoms with Crippen LogP contribution in [0.4, 0.5) is 5.69 Å². The first-order chi connectivity index (χ1) is 15.9. The highest BCUT2D eigenvalue weighted by molar-refractivity contribution is 6.30. The number of nitro groups is 1. The molecule has 1 aromatic heterocycles. The zero-order chi connectivity index (χ0) is 23.4. The van der Waals surface area contributed by atoms with Gasteiger partial charge in [-0.3, -0.25) is 19.8 Å². The predicted octanol–water partition coefficient (Wildman–Crippen LogP) is 3.55. The smallest absolute Gasteiger partial charge is 0.280 e. The number of carbonyl (C=O) groups excluding carboxylic acids is 1. The molecule has 1 aliphatic rings. The van der Waals surface area contributed by atoms with E-state index in [0.717, 1.165) is 26.2 Å². The third-order valence-corrected chi connectivity index (χ3v) is 5.84. The van der Waals surface area contributed by atoms with Gasteiger partial charge < -0.3 is 14.6 Å². The first-order valence-corrected chi connectivity index (χ1v) is 11.0. The van der Waals surface area contributed by atoms with Crippen molar-refractivity contribution in [2.75, 3.05) is 46.3 Å². The maximum atomic E-state index is 13.1. The Hall–Kier alpha value is -3.27. The number of piperazine rings is 1. The molecule has 1 N–H and O–H groups in total. The number of carbonyl (C=O) groups is 1. The highest BCUT2D eigenvalue weighted by Gasteiger charge is 2.27.